The molecule has 2 unspecified atom stereocenters. The molecule has 0 aromatic heterocycles. The molecular weight excluding hydrogens is 258 g/mol. The zero-order chi connectivity index (χ0) is 14.0. The molecule has 1 aromatic rings. The normalized spacial score (nSPS) is 27.2. The number of benzene rings is 1. The van der Waals surface area contributed by atoms with Crippen molar-refractivity contribution in [2.75, 3.05) is 12.3 Å². The Morgan fingerprint density at radius 1 is 1.21 bits per heavy atom. The van der Waals surface area contributed by atoms with Gasteiger partial charge in [0.05, 0.1) is 11.0 Å². The topological polar surface area (TPSA) is 46.2 Å². The molecule has 0 aliphatic carbocycles. The summed E-state index contributed by atoms with van der Waals surface area (Å²) >= 11 is 0. The molecule has 2 rings (SSSR count). The van der Waals surface area contributed by atoms with Gasteiger partial charge in [-0.1, -0.05) is 38.1 Å². The maximum atomic E-state index is 12.1. The third kappa shape index (κ3) is 3.37. The maximum Gasteiger partial charge on any atom is 0.154 e. The Bertz CT molecular complexity index is 520. The first kappa shape index (κ1) is 14.5. The molecule has 0 spiro atoms. The van der Waals surface area contributed by atoms with E-state index in [2.05, 4.69) is 43.4 Å². The zero-order valence-corrected chi connectivity index (χ0v) is 12.7. The van der Waals surface area contributed by atoms with Crippen molar-refractivity contribution in [3.63, 3.8) is 0 Å². The highest BCUT2D eigenvalue weighted by molar-refractivity contribution is 7.92. The van der Waals surface area contributed by atoms with Gasteiger partial charge in [-0.25, -0.2) is 8.42 Å². The van der Waals surface area contributed by atoms with E-state index >= 15 is 0 Å². The molecule has 1 aliphatic rings. The van der Waals surface area contributed by atoms with Gasteiger partial charge in [-0.2, -0.15) is 0 Å². The molecule has 1 saturated heterocycles. The molecule has 2 atom stereocenters. The lowest BCUT2D eigenvalue weighted by Gasteiger charge is -2.17. The lowest BCUT2D eigenvalue weighted by Crippen LogP contribution is -2.26. The summed E-state index contributed by atoms with van der Waals surface area (Å²) in [5.41, 5.74) is 2.36. The van der Waals surface area contributed by atoms with Gasteiger partial charge in [-0.3, -0.25) is 0 Å². The molecule has 0 amide bonds. The van der Waals surface area contributed by atoms with Gasteiger partial charge < -0.3 is 5.32 Å². The van der Waals surface area contributed by atoms with Crippen LogP contribution in [0.2, 0.25) is 0 Å². The molecule has 1 N–H and O–H groups in total. The van der Waals surface area contributed by atoms with Crippen molar-refractivity contribution in [3.05, 3.63) is 35.4 Å². The second-order valence-electron chi connectivity index (χ2n) is 5.76. The predicted octanol–water partition coefficient (Wildman–Crippen LogP) is 2.65. The first-order chi connectivity index (χ1) is 8.90. The molecule has 3 nitrogen and oxygen atoms in total. The fraction of sp³-hybridized carbons (Fsp3) is 0.600. The summed E-state index contributed by atoms with van der Waals surface area (Å²) in [5, 5.41) is 3.12. The van der Waals surface area contributed by atoms with E-state index in [4.69, 9.17) is 0 Å². The molecule has 1 heterocycles. The van der Waals surface area contributed by atoms with Crippen LogP contribution in [0.1, 0.15) is 50.3 Å². The van der Waals surface area contributed by atoms with Crippen molar-refractivity contribution in [1.82, 2.24) is 5.32 Å². The molecule has 0 radical (unpaired) electrons. The Hall–Kier alpha value is -0.870. The van der Waals surface area contributed by atoms with Gasteiger partial charge in [-0.15, -0.1) is 0 Å². The van der Waals surface area contributed by atoms with Crippen molar-refractivity contribution in [2.24, 2.45) is 0 Å². The average Bonchev–Trinajstić information content (AvgIpc) is 2.49. The van der Waals surface area contributed by atoms with Crippen LogP contribution in [0.4, 0.5) is 0 Å². The Labute approximate surface area is 116 Å². The van der Waals surface area contributed by atoms with E-state index in [0.29, 0.717) is 12.3 Å². The first-order valence-corrected chi connectivity index (χ1v) is 8.66. The van der Waals surface area contributed by atoms with Crippen LogP contribution in [0.25, 0.3) is 0 Å². The minimum absolute atomic E-state index is 0.0730. The summed E-state index contributed by atoms with van der Waals surface area (Å²) in [6.07, 6.45) is 0.697. The highest BCUT2D eigenvalue weighted by Gasteiger charge is 2.29. The lowest BCUT2D eigenvalue weighted by molar-refractivity contribution is 0.572. The largest absolute Gasteiger partial charge is 0.309 e. The predicted molar refractivity (Wildman–Crippen MR) is 79.1 cm³/mol. The van der Waals surface area contributed by atoms with Gasteiger partial charge in [-0.05, 0) is 36.9 Å². The Morgan fingerprint density at radius 3 is 2.42 bits per heavy atom. The Balaban J connectivity index is 2.21. The summed E-state index contributed by atoms with van der Waals surface area (Å²) in [4.78, 5) is 0. The maximum absolute atomic E-state index is 12.1. The summed E-state index contributed by atoms with van der Waals surface area (Å²) in [7, 11) is -2.98. The molecule has 106 valence electrons. The minimum Gasteiger partial charge on any atom is -0.309 e. The van der Waals surface area contributed by atoms with Crippen LogP contribution >= 0.6 is 0 Å². The fourth-order valence-electron chi connectivity index (χ4n) is 2.42. The van der Waals surface area contributed by atoms with Gasteiger partial charge in [0.15, 0.2) is 9.84 Å². The van der Waals surface area contributed by atoms with Crippen LogP contribution in [0.15, 0.2) is 24.3 Å². The Morgan fingerprint density at radius 2 is 1.84 bits per heavy atom. The van der Waals surface area contributed by atoms with Crippen molar-refractivity contribution in [2.45, 2.75) is 44.4 Å². The van der Waals surface area contributed by atoms with E-state index in [0.717, 1.165) is 12.1 Å². The van der Waals surface area contributed by atoms with Gasteiger partial charge in [0, 0.05) is 6.04 Å². The van der Waals surface area contributed by atoms with Crippen LogP contribution < -0.4 is 5.32 Å². The van der Waals surface area contributed by atoms with Crippen molar-refractivity contribution >= 4 is 9.84 Å². The second-order valence-corrected chi connectivity index (χ2v) is 8.22. The van der Waals surface area contributed by atoms with E-state index < -0.39 is 9.84 Å². The molecule has 1 aliphatic heterocycles. The van der Waals surface area contributed by atoms with Gasteiger partial charge in [0.1, 0.15) is 0 Å². The number of nitrogens with one attached hydrogen (secondary N) is 1. The average molecular weight is 281 g/mol. The number of rotatable bonds is 2. The van der Waals surface area contributed by atoms with Crippen LogP contribution in [-0.4, -0.2) is 26.0 Å². The van der Waals surface area contributed by atoms with E-state index in [1.54, 1.807) is 6.92 Å². The van der Waals surface area contributed by atoms with Crippen LogP contribution in [0, 0.1) is 0 Å². The fourth-order valence-corrected chi connectivity index (χ4v) is 4.00. The third-order valence-electron chi connectivity index (χ3n) is 3.96. The molecule has 0 saturated carbocycles. The number of hydrogen-bond donors (Lipinski definition) is 1. The van der Waals surface area contributed by atoms with Gasteiger partial charge >= 0.3 is 0 Å². The highest BCUT2D eigenvalue weighted by atomic mass is 32.2. The summed E-state index contributed by atoms with van der Waals surface area (Å²) in [5.74, 6) is 0.703. The third-order valence-corrected chi connectivity index (χ3v) is 6.22. The monoisotopic (exact) mass is 281 g/mol. The lowest BCUT2D eigenvalue weighted by atomic mass is 9.99. The van der Waals surface area contributed by atoms with Crippen LogP contribution in [-0.2, 0) is 9.84 Å². The number of hydrogen-bond acceptors (Lipinski definition) is 3. The van der Waals surface area contributed by atoms with E-state index in [-0.39, 0.29) is 17.0 Å². The van der Waals surface area contributed by atoms with Crippen LogP contribution in [0.5, 0.6) is 0 Å². The summed E-state index contributed by atoms with van der Waals surface area (Å²) in [6, 6.07) is 8.23. The highest BCUT2D eigenvalue weighted by Crippen LogP contribution is 2.23. The Kier molecular flexibility index (Phi) is 4.31. The number of sulfone groups is 1. The minimum atomic E-state index is -2.98. The zero-order valence-electron chi connectivity index (χ0n) is 11.9. The van der Waals surface area contributed by atoms with Gasteiger partial charge in [0.25, 0.3) is 0 Å². The van der Waals surface area contributed by atoms with Crippen molar-refractivity contribution < 1.29 is 8.42 Å². The molecule has 4 heteroatoms. The molecule has 0 bridgehead atoms. The quantitative estimate of drug-likeness (QED) is 0.906. The van der Waals surface area contributed by atoms with E-state index in [1.165, 1.54) is 5.56 Å². The van der Waals surface area contributed by atoms with Crippen molar-refractivity contribution in [1.29, 1.82) is 0 Å². The molecule has 1 fully saturated rings. The molecular formula is C15H23NO2S. The van der Waals surface area contributed by atoms with Crippen LogP contribution in [0.3, 0.4) is 0 Å². The summed E-state index contributed by atoms with van der Waals surface area (Å²) in [6.45, 7) is 6.88. The second kappa shape index (κ2) is 5.63. The van der Waals surface area contributed by atoms with Crippen molar-refractivity contribution in [3.8, 4) is 0 Å². The summed E-state index contributed by atoms with van der Waals surface area (Å²) < 4.78 is 24.2. The molecule has 19 heavy (non-hydrogen) atoms. The van der Waals surface area contributed by atoms with E-state index in [1.807, 2.05) is 0 Å². The first-order valence-electron chi connectivity index (χ1n) is 6.95. The SMILES string of the molecule is CC(C)c1ccc(C2CS(=O)(=O)C(C)CCN2)cc1. The van der Waals surface area contributed by atoms with E-state index in [9.17, 15) is 8.42 Å². The molecule has 1 aromatic carbocycles. The standard InChI is InChI=1S/C15H23NO2S/c1-11(2)13-4-6-14(7-5-13)15-10-19(17,18)12(3)8-9-16-15/h4-7,11-12,15-16H,8-10H2,1-3H3. The smallest absolute Gasteiger partial charge is 0.154 e. The van der Waals surface area contributed by atoms with Gasteiger partial charge in [0.2, 0.25) is 0 Å².